The third-order valence-electron chi connectivity index (χ3n) is 5.92. The van der Waals surface area contributed by atoms with E-state index in [0.29, 0.717) is 44.3 Å². The molecule has 0 spiro atoms. The van der Waals surface area contributed by atoms with Crippen molar-refractivity contribution in [2.75, 3.05) is 49.3 Å². The van der Waals surface area contributed by atoms with Gasteiger partial charge in [0.1, 0.15) is 5.82 Å². The number of pyridine rings is 1. The number of ether oxygens (including phenoxy) is 1. The normalized spacial score (nSPS) is 18.9. The summed E-state index contributed by atoms with van der Waals surface area (Å²) in [6, 6.07) is 8.27. The minimum Gasteiger partial charge on any atom is -0.396 e. The number of methoxy groups -OCH3 is 1. The summed E-state index contributed by atoms with van der Waals surface area (Å²) in [6.07, 6.45) is 2.61. The van der Waals surface area contributed by atoms with E-state index in [4.69, 9.17) is 15.5 Å². The molecule has 2 aromatic rings. The zero-order valence-corrected chi connectivity index (χ0v) is 18.1. The van der Waals surface area contributed by atoms with Gasteiger partial charge in [0.25, 0.3) is 0 Å². The molecule has 2 fully saturated rings. The smallest absolute Gasteiger partial charge is 0.225 e. The van der Waals surface area contributed by atoms with Gasteiger partial charge in [-0.2, -0.15) is 0 Å². The predicted octanol–water partition coefficient (Wildman–Crippen LogP) is 3.50. The molecule has 1 aliphatic carbocycles. The third-order valence-corrected chi connectivity index (χ3v) is 5.92. The molecule has 3 N–H and O–H groups in total. The average molecular weight is 428 g/mol. The van der Waals surface area contributed by atoms with Crippen LogP contribution in [0.25, 0.3) is 0 Å². The number of carbonyl (C=O) groups excluding carboxylic acids is 1. The van der Waals surface area contributed by atoms with Crippen LogP contribution in [-0.2, 0) is 9.53 Å². The number of aromatic nitrogens is 1. The van der Waals surface area contributed by atoms with Crippen molar-refractivity contribution in [3.8, 4) is 0 Å². The van der Waals surface area contributed by atoms with Crippen molar-refractivity contribution in [2.45, 2.75) is 38.1 Å². The lowest BCUT2D eigenvalue weighted by Crippen LogP contribution is -2.54. The van der Waals surface area contributed by atoms with Crippen molar-refractivity contribution in [3.63, 3.8) is 0 Å². The largest absolute Gasteiger partial charge is 0.396 e. The van der Waals surface area contributed by atoms with Crippen LogP contribution in [-0.4, -0.2) is 55.2 Å². The molecule has 31 heavy (non-hydrogen) atoms. The molecule has 1 aromatic heterocycles. The summed E-state index contributed by atoms with van der Waals surface area (Å²) in [6.45, 7) is 4.51. The molecule has 2 aliphatic rings. The van der Waals surface area contributed by atoms with Gasteiger partial charge in [-0.15, -0.1) is 0 Å². The summed E-state index contributed by atoms with van der Waals surface area (Å²) in [7, 11) is 1.61. The highest BCUT2D eigenvalue weighted by atomic mass is 19.1. The predicted molar refractivity (Wildman–Crippen MR) is 120 cm³/mol. The highest BCUT2D eigenvalue weighted by molar-refractivity contribution is 5.78. The van der Waals surface area contributed by atoms with Gasteiger partial charge in [0.2, 0.25) is 5.91 Å². The molecule has 1 saturated heterocycles. The lowest BCUT2D eigenvalue weighted by molar-refractivity contribution is -0.134. The van der Waals surface area contributed by atoms with Crippen molar-refractivity contribution in [2.24, 2.45) is 0 Å². The highest BCUT2D eigenvalue weighted by Gasteiger charge is 2.32. The van der Waals surface area contributed by atoms with E-state index in [0.717, 1.165) is 35.7 Å². The molecular formula is C23H30FN5O2. The number of rotatable bonds is 7. The number of carbonyl (C=O) groups is 1. The first-order valence-electron chi connectivity index (χ1n) is 10.8. The van der Waals surface area contributed by atoms with Crippen LogP contribution in [0.15, 0.2) is 30.3 Å². The van der Waals surface area contributed by atoms with Gasteiger partial charge in [-0.05, 0) is 50.1 Å². The number of hydrogen-bond acceptors (Lipinski definition) is 6. The highest BCUT2D eigenvalue weighted by Crippen LogP contribution is 2.45. The van der Waals surface area contributed by atoms with Crippen LogP contribution in [0, 0.1) is 5.82 Å². The van der Waals surface area contributed by atoms with E-state index in [1.165, 1.54) is 12.1 Å². The molecule has 0 bridgehead atoms. The monoisotopic (exact) mass is 427 g/mol. The standard InChI is InChI=1S/C23H30FN5O2/c1-15-14-28(10-11-29(15)21(30)9-12-31-2)23-19(25)13-20(22(27-23)16-3-4-16)26-18-7-5-17(24)6-8-18/h5-8,13,15-16,26H,3-4,9-12,14,25H2,1-2H3/t15-/m1/s1. The van der Waals surface area contributed by atoms with Gasteiger partial charge in [0.15, 0.2) is 5.82 Å². The van der Waals surface area contributed by atoms with Gasteiger partial charge in [0, 0.05) is 44.4 Å². The fraction of sp³-hybridized carbons (Fsp3) is 0.478. The number of amides is 1. The molecule has 1 atom stereocenters. The third kappa shape index (κ3) is 4.90. The Balaban J connectivity index is 1.52. The summed E-state index contributed by atoms with van der Waals surface area (Å²) >= 11 is 0. The number of nitrogens with two attached hydrogens (primary N) is 1. The van der Waals surface area contributed by atoms with Crippen molar-refractivity contribution < 1.29 is 13.9 Å². The lowest BCUT2D eigenvalue weighted by atomic mass is 10.1. The maximum atomic E-state index is 13.2. The topological polar surface area (TPSA) is 83.7 Å². The number of nitrogens with one attached hydrogen (secondary N) is 1. The minimum absolute atomic E-state index is 0.0701. The molecule has 1 saturated carbocycles. The minimum atomic E-state index is -0.269. The van der Waals surface area contributed by atoms with Gasteiger partial charge >= 0.3 is 0 Å². The molecular weight excluding hydrogens is 397 g/mol. The Hall–Kier alpha value is -2.87. The fourth-order valence-electron chi connectivity index (χ4n) is 4.10. The van der Waals surface area contributed by atoms with E-state index in [1.54, 1.807) is 19.2 Å². The van der Waals surface area contributed by atoms with Gasteiger partial charge in [-0.25, -0.2) is 9.37 Å². The number of halogens is 1. The van der Waals surface area contributed by atoms with Crippen molar-refractivity contribution in [3.05, 3.63) is 41.8 Å². The summed E-state index contributed by atoms with van der Waals surface area (Å²) < 4.78 is 18.3. The molecule has 8 heteroatoms. The van der Waals surface area contributed by atoms with Crippen LogP contribution in [0.1, 0.15) is 37.8 Å². The summed E-state index contributed by atoms with van der Waals surface area (Å²) in [5.41, 5.74) is 9.69. The van der Waals surface area contributed by atoms with Gasteiger partial charge < -0.3 is 25.6 Å². The van der Waals surface area contributed by atoms with E-state index in [-0.39, 0.29) is 17.8 Å². The van der Waals surface area contributed by atoms with Crippen molar-refractivity contribution in [1.82, 2.24) is 9.88 Å². The maximum Gasteiger partial charge on any atom is 0.225 e. The second kappa shape index (κ2) is 9.09. The number of hydrogen-bond donors (Lipinski definition) is 2. The van der Waals surface area contributed by atoms with Crippen LogP contribution >= 0.6 is 0 Å². The Kier molecular flexibility index (Phi) is 6.27. The Morgan fingerprint density at radius 3 is 2.68 bits per heavy atom. The number of nitrogens with zero attached hydrogens (tertiary/aromatic N) is 3. The zero-order valence-electron chi connectivity index (χ0n) is 18.1. The Labute approximate surface area is 182 Å². The zero-order chi connectivity index (χ0) is 22.0. The number of nitrogen functional groups attached to an aromatic ring is 1. The van der Waals surface area contributed by atoms with Gasteiger partial charge in [-0.3, -0.25) is 4.79 Å². The molecule has 0 radical (unpaired) electrons. The van der Waals surface area contributed by atoms with Crippen LogP contribution in [0.2, 0.25) is 0 Å². The van der Waals surface area contributed by atoms with E-state index in [2.05, 4.69) is 17.1 Å². The summed E-state index contributed by atoms with van der Waals surface area (Å²) in [4.78, 5) is 21.5. The van der Waals surface area contributed by atoms with Crippen molar-refractivity contribution >= 4 is 28.8 Å². The van der Waals surface area contributed by atoms with E-state index < -0.39 is 0 Å². The van der Waals surface area contributed by atoms with Crippen LogP contribution in [0.4, 0.5) is 27.3 Å². The summed E-state index contributed by atoms with van der Waals surface area (Å²) in [5, 5.41) is 3.35. The van der Waals surface area contributed by atoms with E-state index >= 15 is 0 Å². The molecule has 166 valence electrons. The van der Waals surface area contributed by atoms with E-state index in [9.17, 15) is 9.18 Å². The summed E-state index contributed by atoms with van der Waals surface area (Å²) in [5.74, 6) is 1.04. The first-order valence-corrected chi connectivity index (χ1v) is 10.8. The molecule has 1 amide bonds. The Morgan fingerprint density at radius 1 is 1.29 bits per heavy atom. The molecule has 1 aliphatic heterocycles. The molecule has 4 rings (SSSR count). The second-order valence-corrected chi connectivity index (χ2v) is 8.37. The van der Waals surface area contributed by atoms with Gasteiger partial charge in [-0.1, -0.05) is 0 Å². The van der Waals surface area contributed by atoms with Crippen LogP contribution < -0.4 is 16.0 Å². The first kappa shape index (κ1) is 21.4. The van der Waals surface area contributed by atoms with Crippen LogP contribution in [0.3, 0.4) is 0 Å². The Bertz CT molecular complexity index is 932. The number of benzene rings is 1. The first-order chi connectivity index (χ1) is 15.0. The molecule has 1 aromatic carbocycles. The Morgan fingerprint density at radius 2 is 2.03 bits per heavy atom. The molecule has 7 nitrogen and oxygen atoms in total. The maximum absolute atomic E-state index is 13.2. The average Bonchev–Trinajstić information content (AvgIpc) is 3.59. The SMILES string of the molecule is COCCC(=O)N1CCN(c2nc(C3CC3)c(Nc3ccc(F)cc3)cc2N)C[C@H]1C. The molecule has 0 unspecified atom stereocenters. The van der Waals surface area contributed by atoms with E-state index in [1.807, 2.05) is 11.0 Å². The quantitative estimate of drug-likeness (QED) is 0.704. The fourth-order valence-corrected chi connectivity index (χ4v) is 4.10. The second-order valence-electron chi connectivity index (χ2n) is 8.37. The number of piperazine rings is 1. The van der Waals surface area contributed by atoms with Gasteiger partial charge in [0.05, 0.1) is 30.1 Å². The number of anilines is 4. The van der Waals surface area contributed by atoms with Crippen molar-refractivity contribution in [1.29, 1.82) is 0 Å². The van der Waals surface area contributed by atoms with Crippen LogP contribution in [0.5, 0.6) is 0 Å². The lowest BCUT2D eigenvalue weighted by Gasteiger charge is -2.41. The molecule has 2 heterocycles.